The summed E-state index contributed by atoms with van der Waals surface area (Å²) in [7, 11) is 0. The fourth-order valence-corrected chi connectivity index (χ4v) is 4.67. The summed E-state index contributed by atoms with van der Waals surface area (Å²) in [5.74, 6) is 2.59. The van der Waals surface area contributed by atoms with Crippen molar-refractivity contribution in [3.63, 3.8) is 0 Å². The van der Waals surface area contributed by atoms with E-state index in [4.69, 9.17) is 9.72 Å². The Kier molecular flexibility index (Phi) is 2.97. The first-order valence-electron chi connectivity index (χ1n) is 9.94. The number of hydrogen-bond acceptors (Lipinski definition) is 3. The number of benzene rings is 3. The van der Waals surface area contributed by atoms with Gasteiger partial charge in [0, 0.05) is 34.1 Å². The Balaban J connectivity index is 1.74. The van der Waals surface area contributed by atoms with Gasteiger partial charge in [-0.05, 0) is 42.5 Å². The summed E-state index contributed by atoms with van der Waals surface area (Å²) in [5, 5.41) is 4.49. The Morgan fingerprint density at radius 2 is 1.53 bits per heavy atom. The molecule has 4 heteroatoms. The molecule has 0 N–H and O–H groups in total. The Morgan fingerprint density at radius 3 is 2.47 bits per heavy atom. The van der Waals surface area contributed by atoms with Crippen LogP contribution in [0.15, 0.2) is 91.3 Å². The molecule has 0 atom stereocenters. The first-order chi connectivity index (χ1) is 14.9. The van der Waals surface area contributed by atoms with E-state index in [2.05, 4.69) is 52.0 Å². The van der Waals surface area contributed by atoms with Crippen LogP contribution in [-0.4, -0.2) is 14.5 Å². The summed E-state index contributed by atoms with van der Waals surface area (Å²) in [5.41, 5.74) is 4.24. The number of ether oxygens (including phenoxy) is 1. The second kappa shape index (κ2) is 5.67. The Bertz CT molecular complexity index is 1620. The third kappa shape index (κ3) is 1.95. The molecule has 0 unspecified atom stereocenters. The number of aromatic nitrogens is 3. The number of fused-ring (bicyclic) bond motifs is 6. The normalized spacial score (nSPS) is 12.3. The second-order valence-electron chi connectivity index (χ2n) is 7.49. The van der Waals surface area contributed by atoms with E-state index >= 15 is 0 Å². The van der Waals surface area contributed by atoms with Gasteiger partial charge >= 0.3 is 0 Å². The molecule has 0 aliphatic carbocycles. The van der Waals surface area contributed by atoms with Crippen molar-refractivity contribution in [1.82, 2.24) is 14.5 Å². The second-order valence-corrected chi connectivity index (χ2v) is 7.49. The predicted molar refractivity (Wildman–Crippen MR) is 119 cm³/mol. The van der Waals surface area contributed by atoms with Crippen LogP contribution in [0.25, 0.3) is 49.7 Å². The van der Waals surface area contributed by atoms with Crippen LogP contribution < -0.4 is 4.74 Å². The molecular weight excluding hydrogens is 370 g/mol. The minimum absolute atomic E-state index is 0.845. The predicted octanol–water partition coefficient (Wildman–Crippen LogP) is 6.50. The summed E-state index contributed by atoms with van der Waals surface area (Å²) in [4.78, 5) is 9.40. The van der Waals surface area contributed by atoms with Gasteiger partial charge in [-0.1, -0.05) is 36.4 Å². The molecule has 0 radical (unpaired) electrons. The van der Waals surface area contributed by atoms with Crippen molar-refractivity contribution in [1.29, 1.82) is 0 Å². The van der Waals surface area contributed by atoms with E-state index < -0.39 is 0 Å². The standard InChI is InChI=1S/C26H15N3O/c1-3-9-20-16(7-1)19-15-22-24-18(26(19)29(20)23-11-5-6-13-27-23)12-14-28-25(24)17-8-2-4-10-21(17)30-22/h1-15H. The zero-order valence-corrected chi connectivity index (χ0v) is 15.9. The van der Waals surface area contributed by atoms with Gasteiger partial charge in [0.05, 0.1) is 22.1 Å². The molecule has 0 saturated carbocycles. The topological polar surface area (TPSA) is 39.9 Å². The van der Waals surface area contributed by atoms with Gasteiger partial charge < -0.3 is 4.74 Å². The lowest BCUT2D eigenvalue weighted by Crippen LogP contribution is -2.01. The molecule has 140 valence electrons. The number of rotatable bonds is 1. The lowest BCUT2D eigenvalue weighted by molar-refractivity contribution is 0.487. The molecule has 1 aliphatic rings. The van der Waals surface area contributed by atoms with Gasteiger partial charge in [-0.2, -0.15) is 0 Å². The number of nitrogens with zero attached hydrogens (tertiary/aromatic N) is 3. The van der Waals surface area contributed by atoms with Gasteiger partial charge in [-0.15, -0.1) is 0 Å². The molecule has 0 amide bonds. The zero-order valence-electron chi connectivity index (χ0n) is 15.9. The molecule has 6 aromatic rings. The van der Waals surface area contributed by atoms with Gasteiger partial charge in [0.2, 0.25) is 0 Å². The van der Waals surface area contributed by atoms with Gasteiger partial charge in [-0.3, -0.25) is 9.55 Å². The first kappa shape index (κ1) is 15.7. The fraction of sp³-hybridized carbons (Fsp3) is 0. The van der Waals surface area contributed by atoms with E-state index in [0.717, 1.165) is 55.8 Å². The van der Waals surface area contributed by atoms with Crippen LogP contribution in [-0.2, 0) is 0 Å². The van der Waals surface area contributed by atoms with Crippen LogP contribution >= 0.6 is 0 Å². The molecule has 30 heavy (non-hydrogen) atoms. The minimum Gasteiger partial charge on any atom is -0.456 e. The quantitative estimate of drug-likeness (QED) is 0.324. The Morgan fingerprint density at radius 1 is 0.667 bits per heavy atom. The largest absolute Gasteiger partial charge is 0.456 e. The molecule has 0 bridgehead atoms. The summed E-state index contributed by atoms with van der Waals surface area (Å²) >= 11 is 0. The Hall–Kier alpha value is -4.18. The maximum absolute atomic E-state index is 6.36. The monoisotopic (exact) mass is 385 g/mol. The van der Waals surface area contributed by atoms with Crippen LogP contribution in [0, 0.1) is 0 Å². The van der Waals surface area contributed by atoms with Crippen molar-refractivity contribution in [3.8, 4) is 28.6 Å². The lowest BCUT2D eigenvalue weighted by Gasteiger charge is -2.21. The van der Waals surface area contributed by atoms with E-state index in [9.17, 15) is 0 Å². The lowest BCUT2D eigenvalue weighted by atomic mass is 9.97. The van der Waals surface area contributed by atoms with E-state index in [1.54, 1.807) is 0 Å². The van der Waals surface area contributed by atoms with Crippen LogP contribution in [0.3, 0.4) is 0 Å². The Labute approximate surface area is 172 Å². The average molecular weight is 385 g/mol. The van der Waals surface area contributed by atoms with Crippen molar-refractivity contribution in [2.45, 2.75) is 0 Å². The van der Waals surface area contributed by atoms with Crippen LogP contribution in [0.1, 0.15) is 0 Å². The van der Waals surface area contributed by atoms with E-state index in [1.807, 2.05) is 48.8 Å². The molecule has 1 aliphatic heterocycles. The molecule has 4 heterocycles. The van der Waals surface area contributed by atoms with Gasteiger partial charge in [0.25, 0.3) is 0 Å². The molecule has 4 nitrogen and oxygen atoms in total. The molecular formula is C26H15N3O. The SMILES string of the molecule is c1ccc(-n2c3ccccc3c3cc4c5c(nccc5c32)-c2ccccc2O4)nc1. The van der Waals surface area contributed by atoms with Gasteiger partial charge in [-0.25, -0.2) is 4.98 Å². The summed E-state index contributed by atoms with van der Waals surface area (Å²) < 4.78 is 8.60. The maximum atomic E-state index is 6.36. The number of pyridine rings is 2. The van der Waals surface area contributed by atoms with Crippen molar-refractivity contribution >= 4 is 32.6 Å². The van der Waals surface area contributed by atoms with Crippen molar-refractivity contribution in [3.05, 3.63) is 91.3 Å². The molecule has 0 saturated heterocycles. The molecule has 3 aromatic carbocycles. The molecule has 7 rings (SSSR count). The van der Waals surface area contributed by atoms with Crippen LogP contribution in [0.5, 0.6) is 11.5 Å². The molecule has 0 spiro atoms. The first-order valence-corrected chi connectivity index (χ1v) is 9.94. The van der Waals surface area contributed by atoms with Crippen LogP contribution in [0.2, 0.25) is 0 Å². The van der Waals surface area contributed by atoms with Crippen molar-refractivity contribution in [2.75, 3.05) is 0 Å². The third-order valence-electron chi connectivity index (χ3n) is 5.88. The highest BCUT2D eigenvalue weighted by molar-refractivity contribution is 6.22. The highest BCUT2D eigenvalue weighted by Crippen LogP contribution is 2.49. The minimum atomic E-state index is 0.845. The van der Waals surface area contributed by atoms with Crippen molar-refractivity contribution < 1.29 is 4.74 Å². The third-order valence-corrected chi connectivity index (χ3v) is 5.88. The molecule has 0 fully saturated rings. The fourth-order valence-electron chi connectivity index (χ4n) is 4.67. The van der Waals surface area contributed by atoms with E-state index in [-0.39, 0.29) is 0 Å². The zero-order chi connectivity index (χ0) is 19.7. The van der Waals surface area contributed by atoms with Crippen LogP contribution in [0.4, 0.5) is 0 Å². The maximum Gasteiger partial charge on any atom is 0.138 e. The summed E-state index contributed by atoms with van der Waals surface area (Å²) in [6, 6.07) is 26.8. The number of para-hydroxylation sites is 2. The van der Waals surface area contributed by atoms with E-state index in [1.165, 1.54) is 5.39 Å². The average Bonchev–Trinajstić information content (AvgIpc) is 3.14. The summed E-state index contributed by atoms with van der Waals surface area (Å²) in [6.07, 6.45) is 3.73. The van der Waals surface area contributed by atoms with E-state index in [0.29, 0.717) is 0 Å². The highest BCUT2D eigenvalue weighted by atomic mass is 16.5. The molecule has 3 aromatic heterocycles. The van der Waals surface area contributed by atoms with Gasteiger partial charge in [0.15, 0.2) is 0 Å². The smallest absolute Gasteiger partial charge is 0.138 e. The van der Waals surface area contributed by atoms with Crippen molar-refractivity contribution in [2.24, 2.45) is 0 Å². The number of hydrogen-bond donors (Lipinski definition) is 0. The highest BCUT2D eigenvalue weighted by Gasteiger charge is 2.25. The summed E-state index contributed by atoms with van der Waals surface area (Å²) in [6.45, 7) is 0. The van der Waals surface area contributed by atoms with Gasteiger partial charge in [0.1, 0.15) is 17.3 Å².